The predicted molar refractivity (Wildman–Crippen MR) is 202 cm³/mol. The van der Waals surface area contributed by atoms with Gasteiger partial charge in [0, 0.05) is 94.6 Å². The van der Waals surface area contributed by atoms with Crippen molar-refractivity contribution in [2.45, 2.75) is 69.9 Å². The minimum absolute atomic E-state index is 0.0617. The van der Waals surface area contributed by atoms with Crippen LogP contribution in [0, 0.1) is 11.8 Å². The number of halogens is 1. The van der Waals surface area contributed by atoms with Crippen LogP contribution < -0.4 is 9.64 Å². The summed E-state index contributed by atoms with van der Waals surface area (Å²) < 4.78 is 28.6. The number of anilines is 1. The van der Waals surface area contributed by atoms with E-state index in [-0.39, 0.29) is 17.7 Å². The van der Waals surface area contributed by atoms with Crippen molar-refractivity contribution in [1.82, 2.24) is 14.7 Å². The van der Waals surface area contributed by atoms with Crippen LogP contribution >= 0.6 is 0 Å². The average molecular weight is 709 g/mol. The van der Waals surface area contributed by atoms with Gasteiger partial charge in [-0.15, -0.1) is 0 Å². The van der Waals surface area contributed by atoms with Gasteiger partial charge in [-0.25, -0.2) is 4.39 Å². The lowest BCUT2D eigenvalue weighted by molar-refractivity contribution is -0.0221. The number of aliphatic hydroxyl groups is 1. The van der Waals surface area contributed by atoms with E-state index in [4.69, 9.17) is 9.47 Å². The number of fused-ring (bicyclic) bond motifs is 2. The molecule has 2 aromatic carbocycles. The van der Waals surface area contributed by atoms with Crippen molar-refractivity contribution < 1.29 is 23.8 Å². The summed E-state index contributed by atoms with van der Waals surface area (Å²) in [5, 5.41) is 10.5. The van der Waals surface area contributed by atoms with Crippen molar-refractivity contribution in [3.8, 4) is 5.75 Å². The van der Waals surface area contributed by atoms with Crippen LogP contribution in [-0.4, -0.2) is 104 Å². The molecule has 2 aliphatic carbocycles. The van der Waals surface area contributed by atoms with Gasteiger partial charge in [-0.3, -0.25) is 9.69 Å². The van der Waals surface area contributed by atoms with Crippen molar-refractivity contribution in [3.63, 3.8) is 0 Å². The second-order valence-corrected chi connectivity index (χ2v) is 16.2. The highest BCUT2D eigenvalue weighted by Crippen LogP contribution is 2.54. The van der Waals surface area contributed by atoms with Gasteiger partial charge in [0.2, 0.25) is 0 Å². The van der Waals surface area contributed by atoms with Crippen LogP contribution in [-0.2, 0) is 11.3 Å². The van der Waals surface area contributed by atoms with E-state index in [1.165, 1.54) is 5.69 Å². The number of benzene rings is 2. The number of nitrogens with zero attached hydrogens (tertiary/aromatic N) is 4. The van der Waals surface area contributed by atoms with Gasteiger partial charge in [0.05, 0.1) is 13.2 Å². The topological polar surface area (TPSA) is 68.7 Å². The first kappa shape index (κ1) is 35.0. The Bertz CT molecular complexity index is 1820. The van der Waals surface area contributed by atoms with Crippen LogP contribution in [0.4, 0.5) is 10.1 Å². The van der Waals surface area contributed by atoms with Crippen LogP contribution in [0.2, 0.25) is 0 Å². The van der Waals surface area contributed by atoms with Gasteiger partial charge in [-0.05, 0) is 98.2 Å². The maximum Gasteiger partial charge on any atom is 0.254 e. The lowest BCUT2D eigenvalue weighted by atomic mass is 9.65. The number of alkyl halides is 1. The van der Waals surface area contributed by atoms with Gasteiger partial charge in [0.25, 0.3) is 5.91 Å². The average Bonchev–Trinajstić information content (AvgIpc) is 3.43. The molecule has 9 heteroatoms. The Hall–Kier alpha value is -4.08. The number of ether oxygens (including phenoxy) is 2. The lowest BCUT2D eigenvalue weighted by Gasteiger charge is -2.49. The molecular weight excluding hydrogens is 655 g/mol. The molecular formula is C43H53FN4O4. The molecule has 0 bridgehead atoms. The standard InChI is InChI=1S/C43H53FN4O4/c1-43(2)41(30-6-5-7-34(23-30)51-4)40(36-12-10-33(49)25-39(36)52-43)29-8-13-38(37(44)24-29)48-16-14-28(15-17-48)26-46-18-20-47(21-19-46)32-9-11-35-31(22-32)27-45(3)42(35)50/h5-9,11-13,22-23,25,28,33,37,40-41,49H,10,14-21,24,26-27H2,1-4H3. The molecule has 8 nitrogen and oxygen atoms in total. The molecule has 4 unspecified atom stereocenters. The number of carbonyl (C=O) groups excluding carboxylic acids is 1. The summed E-state index contributed by atoms with van der Waals surface area (Å²) in [5.41, 5.74) is 6.63. The van der Waals surface area contributed by atoms with E-state index >= 15 is 4.39 Å². The van der Waals surface area contributed by atoms with Gasteiger partial charge in [-0.2, -0.15) is 0 Å². The number of carbonyl (C=O) groups is 1. The molecule has 8 rings (SSSR count). The molecule has 0 saturated carbocycles. The zero-order valence-electron chi connectivity index (χ0n) is 31.1. The third kappa shape index (κ3) is 6.66. The Labute approximate surface area is 307 Å². The summed E-state index contributed by atoms with van der Waals surface area (Å²) in [7, 11) is 3.54. The Morgan fingerprint density at radius 1 is 1.00 bits per heavy atom. The van der Waals surface area contributed by atoms with E-state index < -0.39 is 17.9 Å². The van der Waals surface area contributed by atoms with Crippen LogP contribution in [0.1, 0.15) is 66.9 Å². The second kappa shape index (κ2) is 14.0. The van der Waals surface area contributed by atoms with Crippen molar-refractivity contribution in [2.75, 3.05) is 64.9 Å². The summed E-state index contributed by atoms with van der Waals surface area (Å²) in [5.74, 6) is 2.10. The number of allylic oxidation sites excluding steroid dienone is 5. The normalized spacial score (nSPS) is 28.0. The van der Waals surface area contributed by atoms with Gasteiger partial charge in [-0.1, -0.05) is 29.9 Å². The fourth-order valence-electron chi connectivity index (χ4n) is 9.62. The van der Waals surface area contributed by atoms with Crippen molar-refractivity contribution in [3.05, 3.63) is 106 Å². The summed E-state index contributed by atoms with van der Waals surface area (Å²) in [6, 6.07) is 14.5. The quantitative estimate of drug-likeness (QED) is 0.355. The Balaban J connectivity index is 0.916. The highest BCUT2D eigenvalue weighted by molar-refractivity contribution is 5.98. The molecule has 0 spiro atoms. The van der Waals surface area contributed by atoms with Crippen molar-refractivity contribution >= 4 is 11.6 Å². The molecule has 4 heterocycles. The van der Waals surface area contributed by atoms with Crippen LogP contribution in [0.15, 0.2) is 89.4 Å². The number of amides is 1. The molecule has 4 atom stereocenters. The fraction of sp³-hybridized carbons (Fsp3) is 0.512. The Kier molecular flexibility index (Phi) is 9.45. The zero-order chi connectivity index (χ0) is 36.1. The van der Waals surface area contributed by atoms with Gasteiger partial charge >= 0.3 is 0 Å². The van der Waals surface area contributed by atoms with E-state index in [1.54, 1.807) is 12.0 Å². The number of rotatable bonds is 7. The first-order valence-electron chi connectivity index (χ1n) is 19.2. The monoisotopic (exact) mass is 708 g/mol. The Morgan fingerprint density at radius 2 is 1.79 bits per heavy atom. The molecule has 52 heavy (non-hydrogen) atoms. The number of piperidine rings is 1. The largest absolute Gasteiger partial charge is 0.497 e. The van der Waals surface area contributed by atoms with Gasteiger partial charge < -0.3 is 29.3 Å². The highest BCUT2D eigenvalue weighted by atomic mass is 19.1. The number of methoxy groups -OCH3 is 1. The third-order valence-corrected chi connectivity index (χ3v) is 12.4. The molecule has 4 aliphatic heterocycles. The molecule has 3 fully saturated rings. The Morgan fingerprint density at radius 3 is 2.54 bits per heavy atom. The van der Waals surface area contributed by atoms with E-state index in [0.717, 1.165) is 104 Å². The van der Waals surface area contributed by atoms with Crippen LogP contribution in [0.3, 0.4) is 0 Å². The minimum atomic E-state index is -1.07. The van der Waals surface area contributed by atoms with E-state index in [9.17, 15) is 9.90 Å². The van der Waals surface area contributed by atoms with Crippen LogP contribution in [0.25, 0.3) is 0 Å². The molecule has 0 radical (unpaired) electrons. The maximum atomic E-state index is 16.4. The summed E-state index contributed by atoms with van der Waals surface area (Å²) in [6.07, 6.45) is 9.51. The second-order valence-electron chi connectivity index (χ2n) is 16.2. The minimum Gasteiger partial charge on any atom is -0.497 e. The highest BCUT2D eigenvalue weighted by Gasteiger charge is 2.49. The molecule has 2 aromatic rings. The lowest BCUT2D eigenvalue weighted by Crippen LogP contribution is -2.49. The van der Waals surface area contributed by atoms with Gasteiger partial charge in [0.1, 0.15) is 23.3 Å². The van der Waals surface area contributed by atoms with Crippen LogP contribution in [0.5, 0.6) is 5.75 Å². The summed E-state index contributed by atoms with van der Waals surface area (Å²) in [6.45, 7) is 11.8. The third-order valence-electron chi connectivity index (χ3n) is 12.4. The SMILES string of the molecule is COc1cccc(C2C(C3=CC=C(N4CCC(CN5CCN(c6ccc7c(c6)CN(C)C7=O)CC5)CC4)C(F)C3)C3=CCC(O)C=C3OC2(C)C)c1. The van der Waals surface area contributed by atoms with E-state index in [0.29, 0.717) is 25.3 Å². The molecule has 3 saturated heterocycles. The first-order valence-corrected chi connectivity index (χ1v) is 19.2. The first-order chi connectivity index (χ1) is 25.1. The predicted octanol–water partition coefficient (Wildman–Crippen LogP) is 6.45. The molecule has 1 N–H and O–H groups in total. The van der Waals surface area contributed by atoms with Crippen molar-refractivity contribution in [2.24, 2.45) is 11.8 Å². The van der Waals surface area contributed by atoms with E-state index in [1.807, 2.05) is 37.4 Å². The van der Waals surface area contributed by atoms with Crippen molar-refractivity contribution in [1.29, 1.82) is 0 Å². The summed E-state index contributed by atoms with van der Waals surface area (Å²) >= 11 is 0. The number of hydrogen-bond donors (Lipinski definition) is 1. The molecule has 6 aliphatic rings. The molecule has 0 aromatic heterocycles. The summed E-state index contributed by atoms with van der Waals surface area (Å²) in [4.78, 5) is 21.4. The number of likely N-dealkylation sites (tertiary alicyclic amines) is 1. The smallest absolute Gasteiger partial charge is 0.254 e. The van der Waals surface area contributed by atoms with Gasteiger partial charge in [0.15, 0.2) is 0 Å². The zero-order valence-corrected chi connectivity index (χ0v) is 31.1. The molecule has 1 amide bonds. The fourth-order valence-corrected chi connectivity index (χ4v) is 9.62. The number of piperazine rings is 1. The maximum absolute atomic E-state index is 16.4. The number of aliphatic hydroxyl groups excluding tert-OH is 1. The molecule has 276 valence electrons. The number of hydrogen-bond acceptors (Lipinski definition) is 7. The van der Waals surface area contributed by atoms with E-state index in [2.05, 4.69) is 65.0 Å².